The number of hydrogen-bond donors (Lipinski definition) is 1. The van der Waals surface area contributed by atoms with Gasteiger partial charge in [-0.2, -0.15) is 0 Å². The molecule has 1 heteroatoms. The predicted octanol–water partition coefficient (Wildman–Crippen LogP) is 3.50. The van der Waals surface area contributed by atoms with Crippen LogP contribution < -0.4 is 5.73 Å². The maximum Gasteiger partial charge on any atom is 0.0104 e. The molecule has 2 unspecified atom stereocenters. The van der Waals surface area contributed by atoms with Crippen LogP contribution in [0.3, 0.4) is 0 Å². The van der Waals surface area contributed by atoms with E-state index in [1.54, 1.807) is 0 Å². The smallest absolute Gasteiger partial charge is 0.0104 e. The lowest BCUT2D eigenvalue weighted by atomic mass is 9.88. The molecule has 0 radical (unpaired) electrons. The van der Waals surface area contributed by atoms with E-state index in [4.69, 9.17) is 5.73 Å². The summed E-state index contributed by atoms with van der Waals surface area (Å²) in [5.41, 5.74) is 7.32. The highest BCUT2D eigenvalue weighted by Gasteiger charge is 2.14. The van der Waals surface area contributed by atoms with Crippen molar-refractivity contribution in [1.82, 2.24) is 0 Å². The summed E-state index contributed by atoms with van der Waals surface area (Å²) in [4.78, 5) is 0. The van der Waals surface area contributed by atoms with Gasteiger partial charge in [-0.1, -0.05) is 38.7 Å². The molecule has 1 nitrogen and oxygen atoms in total. The van der Waals surface area contributed by atoms with Gasteiger partial charge in [0.05, 0.1) is 0 Å². The summed E-state index contributed by atoms with van der Waals surface area (Å²) in [5, 5.41) is 0. The molecule has 0 aliphatic rings. The second-order valence-electron chi connectivity index (χ2n) is 4.14. The minimum atomic E-state index is 0.328. The Bertz CT molecular complexity index is 140. The lowest BCUT2D eigenvalue weighted by molar-refractivity contribution is 0.368. The zero-order chi connectivity index (χ0) is 10.3. The van der Waals surface area contributed by atoms with Crippen molar-refractivity contribution in [2.45, 2.75) is 58.9 Å². The van der Waals surface area contributed by atoms with Gasteiger partial charge in [-0.15, -0.1) is 6.58 Å². The SMILES string of the molecule is C=C(C)CC(N)C(CC)CCCC. The molecule has 2 N–H and O–H groups in total. The molecule has 0 heterocycles. The molecule has 13 heavy (non-hydrogen) atoms. The monoisotopic (exact) mass is 183 g/mol. The van der Waals surface area contributed by atoms with Gasteiger partial charge in [0.2, 0.25) is 0 Å². The van der Waals surface area contributed by atoms with E-state index in [0.717, 1.165) is 6.42 Å². The van der Waals surface area contributed by atoms with E-state index in [1.807, 2.05) is 0 Å². The quantitative estimate of drug-likeness (QED) is 0.601. The van der Waals surface area contributed by atoms with Crippen LogP contribution in [0.15, 0.2) is 12.2 Å². The highest BCUT2D eigenvalue weighted by Crippen LogP contribution is 2.19. The fourth-order valence-corrected chi connectivity index (χ4v) is 1.76. The van der Waals surface area contributed by atoms with Crippen LogP contribution in [-0.4, -0.2) is 6.04 Å². The van der Waals surface area contributed by atoms with Gasteiger partial charge in [0, 0.05) is 6.04 Å². The Kier molecular flexibility index (Phi) is 6.97. The summed E-state index contributed by atoms with van der Waals surface area (Å²) in [5.74, 6) is 0.691. The molecular formula is C12H25N. The molecule has 0 bridgehead atoms. The van der Waals surface area contributed by atoms with Gasteiger partial charge < -0.3 is 5.73 Å². The number of unbranched alkanes of at least 4 members (excludes halogenated alkanes) is 1. The molecule has 0 spiro atoms. The summed E-state index contributed by atoms with van der Waals surface area (Å²) in [6.45, 7) is 10.4. The summed E-state index contributed by atoms with van der Waals surface area (Å²) >= 11 is 0. The Morgan fingerprint density at radius 2 is 2.00 bits per heavy atom. The van der Waals surface area contributed by atoms with E-state index in [9.17, 15) is 0 Å². The first-order chi connectivity index (χ1) is 6.11. The van der Waals surface area contributed by atoms with Crippen molar-refractivity contribution < 1.29 is 0 Å². The van der Waals surface area contributed by atoms with Gasteiger partial charge in [0.1, 0.15) is 0 Å². The molecule has 0 aromatic heterocycles. The van der Waals surface area contributed by atoms with E-state index in [-0.39, 0.29) is 0 Å². The van der Waals surface area contributed by atoms with Crippen molar-refractivity contribution in [2.24, 2.45) is 11.7 Å². The van der Waals surface area contributed by atoms with Crippen LogP contribution in [0.4, 0.5) is 0 Å². The third kappa shape index (κ3) is 5.87. The third-order valence-electron chi connectivity index (χ3n) is 2.64. The Hall–Kier alpha value is -0.300. The van der Waals surface area contributed by atoms with Crippen LogP contribution in [0, 0.1) is 5.92 Å². The van der Waals surface area contributed by atoms with E-state index in [1.165, 1.54) is 31.3 Å². The van der Waals surface area contributed by atoms with Crippen molar-refractivity contribution in [3.63, 3.8) is 0 Å². The van der Waals surface area contributed by atoms with Gasteiger partial charge in [0.25, 0.3) is 0 Å². The predicted molar refractivity (Wildman–Crippen MR) is 60.7 cm³/mol. The zero-order valence-corrected chi connectivity index (χ0v) is 9.47. The van der Waals surface area contributed by atoms with Crippen molar-refractivity contribution in [3.05, 3.63) is 12.2 Å². The first-order valence-electron chi connectivity index (χ1n) is 5.51. The topological polar surface area (TPSA) is 26.0 Å². The highest BCUT2D eigenvalue weighted by atomic mass is 14.6. The number of hydrogen-bond acceptors (Lipinski definition) is 1. The Morgan fingerprint density at radius 1 is 1.38 bits per heavy atom. The van der Waals surface area contributed by atoms with Gasteiger partial charge in [-0.25, -0.2) is 0 Å². The molecule has 0 aromatic carbocycles. The highest BCUT2D eigenvalue weighted by molar-refractivity contribution is 4.93. The molecule has 0 amide bonds. The van der Waals surface area contributed by atoms with Crippen molar-refractivity contribution in [1.29, 1.82) is 0 Å². The average Bonchev–Trinajstić information content (AvgIpc) is 2.04. The summed E-state index contributed by atoms with van der Waals surface area (Å²) in [6, 6.07) is 0.328. The standard InChI is InChI=1S/C12H25N/c1-5-7-8-11(6-2)12(13)9-10(3)4/h11-12H,3,5-9,13H2,1-2,4H3. The molecule has 2 atom stereocenters. The van der Waals surface area contributed by atoms with Gasteiger partial charge in [-0.3, -0.25) is 0 Å². The first-order valence-corrected chi connectivity index (χ1v) is 5.51. The molecule has 0 saturated heterocycles. The fourth-order valence-electron chi connectivity index (χ4n) is 1.76. The van der Waals surface area contributed by atoms with Crippen LogP contribution in [-0.2, 0) is 0 Å². The summed E-state index contributed by atoms with van der Waals surface area (Å²) < 4.78 is 0. The van der Waals surface area contributed by atoms with Crippen molar-refractivity contribution >= 4 is 0 Å². The lowest BCUT2D eigenvalue weighted by Crippen LogP contribution is -2.29. The maximum atomic E-state index is 6.11. The maximum absolute atomic E-state index is 6.11. The zero-order valence-electron chi connectivity index (χ0n) is 9.47. The van der Waals surface area contributed by atoms with E-state index in [0.29, 0.717) is 12.0 Å². The second-order valence-corrected chi connectivity index (χ2v) is 4.14. The fraction of sp³-hybridized carbons (Fsp3) is 0.833. The molecule has 78 valence electrons. The summed E-state index contributed by atoms with van der Waals surface area (Å²) in [6.07, 6.45) is 6.05. The van der Waals surface area contributed by atoms with Gasteiger partial charge in [-0.05, 0) is 25.7 Å². The van der Waals surface area contributed by atoms with E-state index < -0.39 is 0 Å². The molecule has 0 aliphatic heterocycles. The van der Waals surface area contributed by atoms with E-state index >= 15 is 0 Å². The Balaban J connectivity index is 3.83. The number of nitrogens with two attached hydrogens (primary N) is 1. The largest absolute Gasteiger partial charge is 0.327 e. The molecule has 0 saturated carbocycles. The van der Waals surface area contributed by atoms with E-state index in [2.05, 4.69) is 27.4 Å². The third-order valence-corrected chi connectivity index (χ3v) is 2.64. The van der Waals surface area contributed by atoms with Crippen LogP contribution in [0.2, 0.25) is 0 Å². The van der Waals surface area contributed by atoms with Crippen LogP contribution in [0.5, 0.6) is 0 Å². The van der Waals surface area contributed by atoms with Crippen LogP contribution in [0.25, 0.3) is 0 Å². The molecule has 0 aromatic rings. The molecule has 0 aliphatic carbocycles. The lowest BCUT2D eigenvalue weighted by Gasteiger charge is -2.22. The van der Waals surface area contributed by atoms with Gasteiger partial charge in [0.15, 0.2) is 0 Å². The normalized spacial score (nSPS) is 15.4. The number of rotatable bonds is 7. The summed E-state index contributed by atoms with van der Waals surface area (Å²) in [7, 11) is 0. The van der Waals surface area contributed by atoms with Gasteiger partial charge >= 0.3 is 0 Å². The van der Waals surface area contributed by atoms with Crippen molar-refractivity contribution in [2.75, 3.05) is 0 Å². The molecule has 0 rings (SSSR count). The average molecular weight is 183 g/mol. The van der Waals surface area contributed by atoms with Crippen LogP contribution in [0.1, 0.15) is 52.9 Å². The molecule has 0 fully saturated rings. The Labute approximate surface area is 83.4 Å². The van der Waals surface area contributed by atoms with Crippen LogP contribution >= 0.6 is 0 Å². The minimum Gasteiger partial charge on any atom is -0.327 e. The first kappa shape index (κ1) is 12.7. The second kappa shape index (κ2) is 7.14. The van der Waals surface area contributed by atoms with Crippen molar-refractivity contribution in [3.8, 4) is 0 Å². The Morgan fingerprint density at radius 3 is 2.38 bits per heavy atom. The molecular weight excluding hydrogens is 158 g/mol. The minimum absolute atomic E-state index is 0.328.